The average molecular weight is 521 g/mol. The highest BCUT2D eigenvalue weighted by molar-refractivity contribution is 7.23. The lowest BCUT2D eigenvalue weighted by atomic mass is 10.1. The second kappa shape index (κ2) is 12.8. The molecule has 0 radical (unpaired) electrons. The van der Waals surface area contributed by atoms with Crippen molar-refractivity contribution in [2.45, 2.75) is 63.0 Å². The first kappa shape index (κ1) is 24.7. The number of nitrogens with one attached hydrogen (secondary N) is 3. The fourth-order valence-corrected chi connectivity index (χ4v) is 4.67. The van der Waals surface area contributed by atoms with Crippen molar-refractivity contribution in [3.8, 4) is 0 Å². The molecular weight excluding hydrogens is 485 g/mol. The highest BCUT2D eigenvalue weighted by atomic mass is 31.1. The first-order chi connectivity index (χ1) is 17.9. The number of aliphatic hydroxyl groups excluding tert-OH is 1. The number of amides is 1. The van der Waals surface area contributed by atoms with Crippen molar-refractivity contribution in [1.82, 2.24) is 34.8 Å². The molecule has 13 nitrogen and oxygen atoms in total. The van der Waals surface area contributed by atoms with Gasteiger partial charge in [-0.3, -0.25) is 9.36 Å². The van der Waals surface area contributed by atoms with Crippen molar-refractivity contribution in [2.24, 2.45) is 5.73 Å². The SMILES string of the molecule is [3H][P+](=O)CC1OC(n2cnc3c(NCCCCCCNC(=O)C(N)Cc4cnc[nH]4)ncnc32)CC1O. The van der Waals surface area contributed by atoms with Crippen LogP contribution in [0.4, 0.5) is 5.82 Å². The van der Waals surface area contributed by atoms with Gasteiger partial charge in [-0.05, 0) is 12.8 Å². The number of H-pyrrole nitrogens is 1. The van der Waals surface area contributed by atoms with Gasteiger partial charge < -0.3 is 31.2 Å². The van der Waals surface area contributed by atoms with Gasteiger partial charge >= 0.3 is 9.68 Å². The molecule has 1 saturated heterocycles. The molecule has 0 aliphatic carbocycles. The van der Waals surface area contributed by atoms with Gasteiger partial charge in [0.2, 0.25) is 5.91 Å². The van der Waals surface area contributed by atoms with Gasteiger partial charge in [0, 0.05) is 37.8 Å². The summed E-state index contributed by atoms with van der Waals surface area (Å²) >= 11 is 0. The molecular formula is C22H33N9O4P+. The third kappa shape index (κ3) is 6.61. The van der Waals surface area contributed by atoms with E-state index in [1.165, 1.54) is 6.33 Å². The maximum Gasteiger partial charge on any atom is 0.388 e. The van der Waals surface area contributed by atoms with Crippen LogP contribution in [0.25, 0.3) is 11.2 Å². The minimum absolute atomic E-state index is 0.00663. The summed E-state index contributed by atoms with van der Waals surface area (Å²) in [5.41, 5.74) is 7.94. The Bertz CT molecular complexity index is 1180. The predicted octanol–water partition coefficient (Wildman–Crippen LogP) is 0.880. The van der Waals surface area contributed by atoms with E-state index in [1.54, 1.807) is 23.4 Å². The number of hydrogen-bond acceptors (Lipinski definition) is 10. The number of carbonyl (C=O) groups is 1. The van der Waals surface area contributed by atoms with Crippen LogP contribution >= 0.6 is 8.41 Å². The van der Waals surface area contributed by atoms with Crippen molar-refractivity contribution in [1.29, 1.82) is 1.28 Å². The van der Waals surface area contributed by atoms with Gasteiger partial charge in [-0.25, -0.2) is 19.9 Å². The molecule has 194 valence electrons. The third-order valence-electron chi connectivity index (χ3n) is 6.15. The van der Waals surface area contributed by atoms with Crippen molar-refractivity contribution >= 4 is 31.3 Å². The molecule has 1 amide bonds. The van der Waals surface area contributed by atoms with Crippen molar-refractivity contribution in [3.05, 3.63) is 30.9 Å². The lowest BCUT2D eigenvalue weighted by molar-refractivity contribution is -0.122. The summed E-state index contributed by atoms with van der Waals surface area (Å²) < 4.78 is 26.1. The fourth-order valence-electron chi connectivity index (χ4n) is 4.19. The Kier molecular flexibility index (Phi) is 8.79. The van der Waals surface area contributed by atoms with Gasteiger partial charge in [-0.15, -0.1) is 0 Å². The van der Waals surface area contributed by atoms with Crippen LogP contribution in [-0.2, 0) is 20.5 Å². The molecule has 0 bridgehead atoms. The van der Waals surface area contributed by atoms with Crippen LogP contribution in [0.15, 0.2) is 25.2 Å². The number of hydrogen-bond donors (Lipinski definition) is 5. The summed E-state index contributed by atoms with van der Waals surface area (Å²) in [6.45, 7) is 1.29. The highest BCUT2D eigenvalue weighted by Gasteiger charge is 2.37. The van der Waals surface area contributed by atoms with E-state index >= 15 is 0 Å². The maximum atomic E-state index is 12.1. The Hall–Kier alpha value is -2.99. The van der Waals surface area contributed by atoms with Crippen LogP contribution in [0.2, 0.25) is 0 Å². The number of fused-ring (bicyclic) bond motifs is 1. The van der Waals surface area contributed by atoms with E-state index in [0.717, 1.165) is 31.4 Å². The molecule has 14 heteroatoms. The molecule has 1 aliphatic rings. The Labute approximate surface area is 211 Å². The molecule has 4 heterocycles. The quantitative estimate of drug-likeness (QED) is 0.151. The van der Waals surface area contributed by atoms with Crippen molar-refractivity contribution in [3.63, 3.8) is 0 Å². The highest BCUT2D eigenvalue weighted by Crippen LogP contribution is 2.32. The fraction of sp³-hybridized carbons (Fsp3) is 0.591. The van der Waals surface area contributed by atoms with Crippen LogP contribution in [0.5, 0.6) is 0 Å². The standard InChI is InChI=1S/C22H32N9O4P/c23-15(7-14-9-24-11-27-14)22(33)26-6-4-2-1-3-5-25-20-19-21(29-12-28-20)31(13-30-19)18-8-16(32)17(35-18)10-36-34/h9,11-13,15-18,32H,1-8,10,23H2,(H,24,27)(H,26,33)(H,25,28,29)/p+1/i/hT. The Morgan fingerprint density at radius 1 is 1.33 bits per heavy atom. The summed E-state index contributed by atoms with van der Waals surface area (Å²) in [5.74, 6) is 0.454. The zero-order valence-electron chi connectivity index (χ0n) is 20.9. The number of carbonyl (C=O) groups excluding carboxylic acids is 1. The summed E-state index contributed by atoms with van der Waals surface area (Å²) in [4.78, 5) is 32.0. The molecule has 5 atom stereocenters. The first-order valence-electron chi connectivity index (χ1n) is 12.6. The summed E-state index contributed by atoms with van der Waals surface area (Å²) in [7, 11) is -2.15. The smallest absolute Gasteiger partial charge is 0.388 e. The van der Waals surface area contributed by atoms with Gasteiger partial charge in [0.1, 0.15) is 18.7 Å². The number of ether oxygens (including phenoxy) is 1. The zero-order valence-corrected chi connectivity index (χ0v) is 20.8. The molecule has 3 aromatic heterocycles. The van der Waals surface area contributed by atoms with Gasteiger partial charge in [-0.2, -0.15) is 0 Å². The number of aromatic nitrogens is 6. The second-order valence-electron chi connectivity index (χ2n) is 8.81. The van der Waals surface area contributed by atoms with Gasteiger partial charge in [-0.1, -0.05) is 17.4 Å². The molecule has 0 saturated carbocycles. The normalized spacial score (nSPS) is 21.3. The lowest BCUT2D eigenvalue weighted by Gasteiger charge is -2.13. The molecule has 6 N–H and O–H groups in total. The largest absolute Gasteiger partial charge is 0.390 e. The Balaban J connectivity index is 1.16. The van der Waals surface area contributed by atoms with Crippen molar-refractivity contribution in [2.75, 3.05) is 24.6 Å². The molecule has 0 aromatic carbocycles. The number of rotatable bonds is 14. The van der Waals surface area contributed by atoms with E-state index in [0.29, 0.717) is 42.9 Å². The number of anilines is 1. The minimum atomic E-state index is -2.15. The van der Waals surface area contributed by atoms with Crippen LogP contribution < -0.4 is 16.4 Å². The first-order valence-corrected chi connectivity index (χ1v) is 13.1. The van der Waals surface area contributed by atoms with Crippen LogP contribution in [-0.4, -0.2) is 79.3 Å². The van der Waals surface area contributed by atoms with Crippen molar-refractivity contribution < 1.29 is 19.2 Å². The molecule has 4 rings (SSSR count). The van der Waals surface area contributed by atoms with E-state index in [4.69, 9.17) is 11.7 Å². The van der Waals surface area contributed by atoms with E-state index in [-0.39, 0.29) is 12.1 Å². The number of imidazole rings is 2. The Morgan fingerprint density at radius 2 is 2.17 bits per heavy atom. The monoisotopic (exact) mass is 520 g/mol. The summed E-state index contributed by atoms with van der Waals surface area (Å²) in [5, 5.41) is 16.4. The Morgan fingerprint density at radius 3 is 2.94 bits per heavy atom. The lowest BCUT2D eigenvalue weighted by Crippen LogP contribution is -2.42. The summed E-state index contributed by atoms with van der Waals surface area (Å²) in [6.07, 6.45) is 8.82. The predicted molar refractivity (Wildman–Crippen MR) is 134 cm³/mol. The maximum absolute atomic E-state index is 12.1. The average Bonchev–Trinajstić information content (AvgIpc) is 3.61. The van der Waals surface area contributed by atoms with Crippen LogP contribution in [0.1, 0.15) is 44.0 Å². The van der Waals surface area contributed by atoms with Crippen LogP contribution in [0, 0.1) is 0 Å². The van der Waals surface area contributed by atoms with E-state index in [1.807, 2.05) is 0 Å². The number of aliphatic hydroxyl groups is 1. The van der Waals surface area contributed by atoms with E-state index in [9.17, 15) is 14.5 Å². The number of nitrogens with zero attached hydrogens (tertiary/aromatic N) is 5. The number of nitrogens with two attached hydrogens (primary N) is 1. The van der Waals surface area contributed by atoms with E-state index in [2.05, 4.69) is 35.6 Å². The second-order valence-corrected chi connectivity index (χ2v) is 9.43. The number of unbranched alkanes of at least 4 members (excludes halogenated alkanes) is 3. The van der Waals surface area contributed by atoms with Crippen LogP contribution in [0.3, 0.4) is 0 Å². The molecule has 3 aromatic rings. The summed E-state index contributed by atoms with van der Waals surface area (Å²) in [6, 6.07) is -0.598. The molecule has 36 heavy (non-hydrogen) atoms. The molecule has 1 aliphatic heterocycles. The van der Waals surface area contributed by atoms with Gasteiger partial charge in [0.15, 0.2) is 23.1 Å². The van der Waals surface area contributed by atoms with Gasteiger partial charge in [0.25, 0.3) is 0 Å². The molecule has 1 fully saturated rings. The zero-order chi connectivity index (χ0) is 26.2. The van der Waals surface area contributed by atoms with Gasteiger partial charge in [0.05, 0.1) is 24.8 Å². The van der Waals surface area contributed by atoms with E-state index < -0.39 is 32.9 Å². The number of aromatic amines is 1. The third-order valence-corrected chi connectivity index (χ3v) is 6.66. The topological polar surface area (TPSA) is 186 Å². The molecule has 5 unspecified atom stereocenters. The minimum Gasteiger partial charge on any atom is -0.390 e. The molecule has 0 spiro atoms.